The Morgan fingerprint density at radius 3 is 2.63 bits per heavy atom. The number of phenolic OH excluding ortho intramolecular Hbond substituents is 2. The monoisotopic (exact) mass is 379 g/mol. The quantitative estimate of drug-likeness (QED) is 0.545. The molecule has 3 N–H and O–H groups in total. The molecule has 1 saturated heterocycles. The topological polar surface area (TPSA) is 121 Å². The Kier molecular flexibility index (Phi) is 5.65. The van der Waals surface area contributed by atoms with Gasteiger partial charge in [0.25, 0.3) is 5.91 Å². The van der Waals surface area contributed by atoms with E-state index < -0.39 is 29.4 Å². The fourth-order valence-corrected chi connectivity index (χ4v) is 2.53. The van der Waals surface area contributed by atoms with E-state index in [0.717, 1.165) is 6.07 Å². The van der Waals surface area contributed by atoms with Crippen LogP contribution in [0.1, 0.15) is 40.2 Å². The van der Waals surface area contributed by atoms with Crippen LogP contribution in [0.15, 0.2) is 23.3 Å². The van der Waals surface area contributed by atoms with Gasteiger partial charge in [-0.2, -0.15) is 5.10 Å². The lowest BCUT2D eigenvalue weighted by Crippen LogP contribution is -2.54. The van der Waals surface area contributed by atoms with Crippen LogP contribution in [0.2, 0.25) is 0 Å². The van der Waals surface area contributed by atoms with E-state index in [1.165, 1.54) is 23.2 Å². The fraction of sp³-hybridized carbons (Fsp3) is 0.500. The smallest absolute Gasteiger partial charge is 0.413 e. The van der Waals surface area contributed by atoms with Gasteiger partial charge in [-0.3, -0.25) is 9.69 Å². The van der Waals surface area contributed by atoms with Crippen LogP contribution in [0.25, 0.3) is 0 Å². The van der Waals surface area contributed by atoms with E-state index in [-0.39, 0.29) is 18.1 Å². The molecule has 2 rings (SSSR count). The Labute approximate surface area is 157 Å². The normalized spacial score (nSPS) is 19.3. The molecule has 1 atom stereocenters. The van der Waals surface area contributed by atoms with Crippen molar-refractivity contribution in [3.63, 3.8) is 0 Å². The van der Waals surface area contributed by atoms with Gasteiger partial charge in [0.15, 0.2) is 0 Å². The molecule has 1 aliphatic rings. The molecule has 1 heterocycles. The summed E-state index contributed by atoms with van der Waals surface area (Å²) in [5, 5.41) is 22.8. The Balaban J connectivity index is 2.09. The van der Waals surface area contributed by atoms with E-state index in [9.17, 15) is 19.8 Å². The molecule has 0 bridgehead atoms. The third-order valence-electron chi connectivity index (χ3n) is 3.77. The molecular weight excluding hydrogens is 354 g/mol. The number of ether oxygens (including phenoxy) is 2. The van der Waals surface area contributed by atoms with Gasteiger partial charge >= 0.3 is 6.09 Å². The zero-order valence-electron chi connectivity index (χ0n) is 16.0. The molecule has 1 unspecified atom stereocenters. The summed E-state index contributed by atoms with van der Waals surface area (Å²) >= 11 is 0. The van der Waals surface area contributed by atoms with Gasteiger partial charge in [-0.15, -0.1) is 0 Å². The molecule has 27 heavy (non-hydrogen) atoms. The predicted molar refractivity (Wildman–Crippen MR) is 97.4 cm³/mol. The molecule has 1 fully saturated rings. The largest absolute Gasteiger partial charge is 0.508 e. The molecule has 1 aliphatic heterocycles. The fourth-order valence-electron chi connectivity index (χ4n) is 2.53. The second-order valence-electron chi connectivity index (χ2n) is 7.60. The van der Waals surface area contributed by atoms with Crippen molar-refractivity contribution in [1.82, 2.24) is 10.3 Å². The summed E-state index contributed by atoms with van der Waals surface area (Å²) in [6.45, 7) is 8.54. The second kappa shape index (κ2) is 7.43. The van der Waals surface area contributed by atoms with Crippen LogP contribution in [-0.4, -0.2) is 57.3 Å². The van der Waals surface area contributed by atoms with Crippen molar-refractivity contribution in [2.75, 3.05) is 6.61 Å². The molecule has 1 aromatic carbocycles. The number of hydrogen-bond donors (Lipinski definition) is 3. The van der Waals surface area contributed by atoms with E-state index in [1.807, 2.05) is 0 Å². The summed E-state index contributed by atoms with van der Waals surface area (Å²) in [5.41, 5.74) is 0.906. The van der Waals surface area contributed by atoms with Gasteiger partial charge in [0.1, 0.15) is 28.9 Å². The molecule has 148 valence electrons. The standard InChI is InChI=1S/C18H25N3O6/c1-17(2,3)27-16(25)21-13(10-26-18(21,4)5)15(24)20-19-9-11-6-7-12(22)8-14(11)23/h6-9,13,22-23H,10H2,1-5H3,(H,20,24)/b19-9+. The van der Waals surface area contributed by atoms with E-state index >= 15 is 0 Å². The zero-order valence-corrected chi connectivity index (χ0v) is 16.0. The number of nitrogens with zero attached hydrogens (tertiary/aromatic N) is 2. The Hall–Kier alpha value is -2.81. The first-order valence-electron chi connectivity index (χ1n) is 8.42. The van der Waals surface area contributed by atoms with Crippen LogP contribution in [0.5, 0.6) is 11.5 Å². The van der Waals surface area contributed by atoms with Gasteiger partial charge < -0.3 is 19.7 Å². The molecule has 2 amide bonds. The van der Waals surface area contributed by atoms with Gasteiger partial charge in [0.2, 0.25) is 0 Å². The van der Waals surface area contributed by atoms with Crippen molar-refractivity contribution in [2.45, 2.75) is 52.0 Å². The number of rotatable bonds is 3. The summed E-state index contributed by atoms with van der Waals surface area (Å²) < 4.78 is 10.9. The lowest BCUT2D eigenvalue weighted by atomic mass is 10.2. The predicted octanol–water partition coefficient (Wildman–Crippen LogP) is 1.92. The van der Waals surface area contributed by atoms with Crippen molar-refractivity contribution in [2.24, 2.45) is 5.10 Å². The first-order valence-corrected chi connectivity index (χ1v) is 8.42. The van der Waals surface area contributed by atoms with E-state index in [0.29, 0.717) is 5.56 Å². The van der Waals surface area contributed by atoms with Crippen molar-refractivity contribution in [3.05, 3.63) is 23.8 Å². The third-order valence-corrected chi connectivity index (χ3v) is 3.77. The first kappa shape index (κ1) is 20.5. The van der Waals surface area contributed by atoms with Gasteiger partial charge in [-0.05, 0) is 46.8 Å². The summed E-state index contributed by atoms with van der Waals surface area (Å²) in [4.78, 5) is 26.2. The zero-order chi connectivity index (χ0) is 20.4. The molecule has 9 heteroatoms. The van der Waals surface area contributed by atoms with Gasteiger partial charge in [-0.1, -0.05) is 0 Å². The molecule has 0 aromatic heterocycles. The summed E-state index contributed by atoms with van der Waals surface area (Å²) in [7, 11) is 0. The number of aromatic hydroxyl groups is 2. The molecule has 0 saturated carbocycles. The lowest BCUT2D eigenvalue weighted by Gasteiger charge is -2.34. The minimum Gasteiger partial charge on any atom is -0.508 e. The number of hydrazone groups is 1. The minimum atomic E-state index is -1.01. The highest BCUT2D eigenvalue weighted by molar-refractivity contribution is 5.89. The first-order chi connectivity index (χ1) is 12.4. The number of nitrogens with one attached hydrogen (secondary N) is 1. The second-order valence-corrected chi connectivity index (χ2v) is 7.60. The highest BCUT2D eigenvalue weighted by atomic mass is 16.6. The van der Waals surface area contributed by atoms with Gasteiger partial charge in [0.05, 0.1) is 12.8 Å². The highest BCUT2D eigenvalue weighted by Crippen LogP contribution is 2.29. The van der Waals surface area contributed by atoms with Crippen LogP contribution in [0.4, 0.5) is 4.79 Å². The molecule has 9 nitrogen and oxygen atoms in total. The minimum absolute atomic E-state index is 0.00193. The number of hydrogen-bond acceptors (Lipinski definition) is 7. The maximum absolute atomic E-state index is 12.5. The van der Waals surface area contributed by atoms with Crippen LogP contribution in [0.3, 0.4) is 0 Å². The summed E-state index contributed by atoms with van der Waals surface area (Å²) in [6, 6.07) is 3.05. The van der Waals surface area contributed by atoms with Crippen molar-refractivity contribution in [1.29, 1.82) is 0 Å². The molecular formula is C18H25N3O6. The van der Waals surface area contributed by atoms with Crippen molar-refractivity contribution < 1.29 is 29.3 Å². The Bertz CT molecular complexity index is 754. The number of carbonyl (C=O) groups excluding carboxylic acids is 2. The third kappa shape index (κ3) is 5.10. The van der Waals surface area contributed by atoms with Gasteiger partial charge in [0, 0.05) is 11.6 Å². The number of phenols is 2. The van der Waals surface area contributed by atoms with Crippen molar-refractivity contribution in [3.8, 4) is 11.5 Å². The average Bonchev–Trinajstić information content (AvgIpc) is 2.83. The SMILES string of the molecule is CC(C)(C)OC(=O)N1C(C(=O)N/N=C/c2ccc(O)cc2O)COC1(C)C. The summed E-state index contributed by atoms with van der Waals surface area (Å²) in [6.07, 6.45) is 0.566. The summed E-state index contributed by atoms with van der Waals surface area (Å²) in [5.74, 6) is -0.832. The van der Waals surface area contributed by atoms with E-state index in [1.54, 1.807) is 34.6 Å². The molecule has 0 aliphatic carbocycles. The molecule has 0 spiro atoms. The molecule has 1 aromatic rings. The highest BCUT2D eigenvalue weighted by Gasteiger charge is 2.48. The van der Waals surface area contributed by atoms with E-state index in [4.69, 9.17) is 9.47 Å². The van der Waals surface area contributed by atoms with Crippen LogP contribution >= 0.6 is 0 Å². The Morgan fingerprint density at radius 2 is 2.04 bits per heavy atom. The van der Waals surface area contributed by atoms with Crippen LogP contribution < -0.4 is 5.43 Å². The average molecular weight is 379 g/mol. The lowest BCUT2D eigenvalue weighted by molar-refractivity contribution is -0.126. The number of carbonyl (C=O) groups is 2. The number of amides is 2. The number of benzene rings is 1. The van der Waals surface area contributed by atoms with Crippen LogP contribution in [-0.2, 0) is 14.3 Å². The maximum atomic E-state index is 12.5. The van der Waals surface area contributed by atoms with E-state index in [2.05, 4.69) is 10.5 Å². The van der Waals surface area contributed by atoms with Crippen molar-refractivity contribution >= 4 is 18.2 Å². The van der Waals surface area contributed by atoms with Gasteiger partial charge in [-0.25, -0.2) is 10.2 Å². The van der Waals surface area contributed by atoms with Crippen LogP contribution in [0, 0.1) is 0 Å². The molecule has 0 radical (unpaired) electrons. The Morgan fingerprint density at radius 1 is 1.37 bits per heavy atom. The maximum Gasteiger partial charge on any atom is 0.413 e.